The Morgan fingerprint density at radius 2 is 2.12 bits per heavy atom. The summed E-state index contributed by atoms with van der Waals surface area (Å²) in [7, 11) is 1.72. The van der Waals surface area contributed by atoms with Crippen LogP contribution >= 0.6 is 11.3 Å². The van der Waals surface area contributed by atoms with Crippen LogP contribution in [-0.2, 0) is 11.2 Å². The largest absolute Gasteiger partial charge is 0.392 e. The number of thiazole rings is 1. The molecule has 32 heavy (non-hydrogen) atoms. The van der Waals surface area contributed by atoms with Crippen LogP contribution in [0.15, 0.2) is 24.3 Å². The molecule has 1 N–H and O–H groups in total. The maximum Gasteiger partial charge on any atom is 0.226 e. The van der Waals surface area contributed by atoms with Gasteiger partial charge in [0.1, 0.15) is 10.8 Å². The fourth-order valence-electron chi connectivity index (χ4n) is 6.01. The van der Waals surface area contributed by atoms with Gasteiger partial charge in [-0.3, -0.25) is 4.79 Å². The van der Waals surface area contributed by atoms with E-state index in [4.69, 9.17) is 11.4 Å². The lowest BCUT2D eigenvalue weighted by Crippen LogP contribution is -2.53. The Morgan fingerprint density at radius 3 is 2.78 bits per heavy atom. The van der Waals surface area contributed by atoms with Gasteiger partial charge in [-0.25, -0.2) is 9.37 Å². The molecule has 6 atom stereocenters. The highest BCUT2D eigenvalue weighted by Crippen LogP contribution is 2.57. The van der Waals surface area contributed by atoms with Crippen molar-refractivity contribution in [2.75, 3.05) is 13.6 Å². The number of terminal acetylenes is 1. The molecule has 0 aliphatic heterocycles. The number of rotatable bonds is 4. The average Bonchev–Trinajstić information content (AvgIpc) is 3.17. The second kappa shape index (κ2) is 8.61. The van der Waals surface area contributed by atoms with Crippen molar-refractivity contribution in [2.24, 2.45) is 23.2 Å². The SMILES string of the molecule is C#CCN(C)C(=O)C(C)C1CCC2(C)Cc3sc(-c4ccc(F)cc4)nc3C(C)C2C1O. The van der Waals surface area contributed by atoms with Gasteiger partial charge in [0.2, 0.25) is 5.91 Å². The van der Waals surface area contributed by atoms with E-state index in [2.05, 4.69) is 19.8 Å². The zero-order valence-electron chi connectivity index (χ0n) is 19.1. The van der Waals surface area contributed by atoms with Gasteiger partial charge in [-0.15, -0.1) is 17.8 Å². The van der Waals surface area contributed by atoms with Gasteiger partial charge in [0.05, 0.1) is 18.3 Å². The second-order valence-electron chi connectivity index (χ2n) is 9.86. The predicted octanol–water partition coefficient (Wildman–Crippen LogP) is 4.73. The fraction of sp³-hybridized carbons (Fsp3) is 0.538. The number of aliphatic hydroxyl groups excluding tert-OH is 1. The van der Waals surface area contributed by atoms with Crippen LogP contribution in [0, 0.1) is 41.3 Å². The van der Waals surface area contributed by atoms with Crippen molar-refractivity contribution in [3.05, 3.63) is 40.7 Å². The van der Waals surface area contributed by atoms with Gasteiger partial charge in [-0.2, -0.15) is 0 Å². The maximum atomic E-state index is 13.4. The maximum absolute atomic E-state index is 13.4. The molecule has 170 valence electrons. The summed E-state index contributed by atoms with van der Waals surface area (Å²) in [5, 5.41) is 12.4. The Balaban J connectivity index is 1.61. The van der Waals surface area contributed by atoms with Crippen LogP contribution in [0.25, 0.3) is 10.6 Å². The number of amides is 1. The van der Waals surface area contributed by atoms with Crippen LogP contribution in [0.5, 0.6) is 0 Å². The average molecular weight is 455 g/mol. The van der Waals surface area contributed by atoms with E-state index in [9.17, 15) is 14.3 Å². The van der Waals surface area contributed by atoms with Crippen molar-refractivity contribution < 1.29 is 14.3 Å². The summed E-state index contributed by atoms with van der Waals surface area (Å²) in [5.41, 5.74) is 1.92. The van der Waals surface area contributed by atoms with E-state index in [0.717, 1.165) is 35.5 Å². The van der Waals surface area contributed by atoms with Crippen molar-refractivity contribution in [1.29, 1.82) is 0 Å². The van der Waals surface area contributed by atoms with Crippen LogP contribution in [0.1, 0.15) is 50.1 Å². The van der Waals surface area contributed by atoms with Crippen molar-refractivity contribution in [1.82, 2.24) is 9.88 Å². The monoisotopic (exact) mass is 454 g/mol. The minimum atomic E-state index is -0.578. The zero-order valence-corrected chi connectivity index (χ0v) is 20.0. The molecule has 6 unspecified atom stereocenters. The third-order valence-corrected chi connectivity index (χ3v) is 8.87. The summed E-state index contributed by atoms with van der Waals surface area (Å²) in [6.45, 7) is 6.61. The molecule has 0 bridgehead atoms. The Labute approximate surface area is 193 Å². The second-order valence-corrected chi connectivity index (χ2v) is 10.9. The highest BCUT2D eigenvalue weighted by molar-refractivity contribution is 7.15. The van der Waals surface area contributed by atoms with Gasteiger partial charge < -0.3 is 10.0 Å². The molecule has 1 fully saturated rings. The Bertz CT molecular complexity index is 1040. The summed E-state index contributed by atoms with van der Waals surface area (Å²) in [6.07, 6.45) is 7.45. The molecule has 1 aromatic carbocycles. The smallest absolute Gasteiger partial charge is 0.226 e. The molecule has 2 aliphatic carbocycles. The molecule has 2 aromatic rings. The predicted molar refractivity (Wildman–Crippen MR) is 126 cm³/mol. The van der Waals surface area contributed by atoms with Gasteiger partial charge in [-0.05, 0) is 60.8 Å². The molecule has 4 rings (SSSR count). The highest BCUT2D eigenvalue weighted by Gasteiger charge is 2.54. The molecule has 1 saturated carbocycles. The first-order valence-corrected chi connectivity index (χ1v) is 12.1. The molecular weight excluding hydrogens is 423 g/mol. The summed E-state index contributed by atoms with van der Waals surface area (Å²) in [4.78, 5) is 20.6. The van der Waals surface area contributed by atoms with Crippen LogP contribution < -0.4 is 0 Å². The number of nitrogens with zero attached hydrogens (tertiary/aromatic N) is 2. The number of halogens is 1. The number of benzene rings is 1. The van der Waals surface area contributed by atoms with Gasteiger partial charge in [0, 0.05) is 29.3 Å². The first-order chi connectivity index (χ1) is 15.2. The number of aromatic nitrogens is 1. The Hall–Kier alpha value is -2.23. The Kier molecular flexibility index (Phi) is 6.17. The third kappa shape index (κ3) is 3.86. The molecule has 4 nitrogen and oxygen atoms in total. The first kappa shape index (κ1) is 22.9. The number of aliphatic hydroxyl groups is 1. The standard InChI is InChI=1S/C26H31FN2O2S/c1-6-13-29(5)25(31)15(2)19-11-12-26(4)14-20-22(16(3)21(26)23(19)30)28-24(32-20)17-7-9-18(27)10-8-17/h1,7-10,15-16,19,21,23,30H,11-14H2,2-5H3. The van der Waals surface area contributed by atoms with E-state index in [1.807, 2.05) is 6.92 Å². The normalized spacial score (nSPS) is 30.0. The molecular formula is C26H31FN2O2S. The molecule has 0 spiro atoms. The van der Waals surface area contributed by atoms with E-state index in [0.29, 0.717) is 0 Å². The van der Waals surface area contributed by atoms with Crippen LogP contribution in [0.3, 0.4) is 0 Å². The zero-order chi connectivity index (χ0) is 23.2. The number of carbonyl (C=O) groups excluding carboxylic acids is 1. The number of carbonyl (C=O) groups is 1. The highest BCUT2D eigenvalue weighted by atomic mass is 32.1. The molecule has 1 aromatic heterocycles. The van der Waals surface area contributed by atoms with Crippen LogP contribution in [-0.4, -0.2) is 40.6 Å². The van der Waals surface area contributed by atoms with Crippen molar-refractivity contribution >= 4 is 17.2 Å². The molecule has 2 aliphatic rings. The van der Waals surface area contributed by atoms with Crippen LogP contribution in [0.2, 0.25) is 0 Å². The van der Waals surface area contributed by atoms with Gasteiger partial charge in [-0.1, -0.05) is 26.7 Å². The topological polar surface area (TPSA) is 53.4 Å². The minimum Gasteiger partial charge on any atom is -0.392 e. The van der Waals surface area contributed by atoms with E-state index >= 15 is 0 Å². The summed E-state index contributed by atoms with van der Waals surface area (Å²) >= 11 is 1.68. The Morgan fingerprint density at radius 1 is 1.44 bits per heavy atom. The van der Waals surface area contributed by atoms with E-state index < -0.39 is 6.10 Å². The van der Waals surface area contributed by atoms with E-state index in [-0.39, 0.29) is 47.4 Å². The quantitative estimate of drug-likeness (QED) is 0.680. The molecule has 0 radical (unpaired) electrons. The lowest BCUT2D eigenvalue weighted by Gasteiger charge is -2.53. The van der Waals surface area contributed by atoms with Gasteiger partial charge in [0.25, 0.3) is 0 Å². The van der Waals surface area contributed by atoms with E-state index in [1.54, 1.807) is 35.4 Å². The van der Waals surface area contributed by atoms with Crippen LogP contribution in [0.4, 0.5) is 4.39 Å². The fourth-order valence-corrected chi connectivity index (χ4v) is 7.38. The van der Waals surface area contributed by atoms with Gasteiger partial charge >= 0.3 is 0 Å². The van der Waals surface area contributed by atoms with Crippen molar-refractivity contribution in [2.45, 2.75) is 52.1 Å². The lowest BCUT2D eigenvalue weighted by molar-refractivity contribution is -0.142. The third-order valence-electron chi connectivity index (χ3n) is 7.75. The number of fused-ring (bicyclic) bond motifs is 2. The minimum absolute atomic E-state index is 0.00740. The molecule has 0 saturated heterocycles. The summed E-state index contributed by atoms with van der Waals surface area (Å²) in [5.74, 6) is 1.99. The summed E-state index contributed by atoms with van der Waals surface area (Å²) in [6, 6.07) is 6.46. The molecule has 1 heterocycles. The number of hydrogen-bond donors (Lipinski definition) is 1. The summed E-state index contributed by atoms with van der Waals surface area (Å²) < 4.78 is 13.4. The first-order valence-electron chi connectivity index (χ1n) is 11.3. The van der Waals surface area contributed by atoms with Crippen molar-refractivity contribution in [3.8, 4) is 22.9 Å². The van der Waals surface area contributed by atoms with E-state index in [1.165, 1.54) is 17.0 Å². The van der Waals surface area contributed by atoms with Gasteiger partial charge in [0.15, 0.2) is 0 Å². The molecule has 6 heteroatoms. The molecule has 1 amide bonds. The van der Waals surface area contributed by atoms with Crippen molar-refractivity contribution in [3.63, 3.8) is 0 Å². The number of hydrogen-bond acceptors (Lipinski definition) is 4. The lowest BCUT2D eigenvalue weighted by atomic mass is 9.53.